The van der Waals surface area contributed by atoms with Crippen molar-refractivity contribution in [1.29, 1.82) is 0 Å². The van der Waals surface area contributed by atoms with E-state index >= 15 is 0 Å². The van der Waals surface area contributed by atoms with Gasteiger partial charge in [0.05, 0.1) is 17.4 Å². The van der Waals surface area contributed by atoms with Gasteiger partial charge >= 0.3 is 0 Å². The van der Waals surface area contributed by atoms with E-state index < -0.39 is 0 Å². The SMILES string of the molecule is Fc1ccc2nc(-c3ccccc3)c([C@H]3c4ccccc4CCN3c3ccccc3)n2c1. The predicted molar refractivity (Wildman–Crippen MR) is 126 cm³/mol. The molecule has 0 aliphatic carbocycles. The molecule has 6 rings (SSSR count). The first-order chi connectivity index (χ1) is 15.8. The number of imidazole rings is 1. The van der Waals surface area contributed by atoms with Gasteiger partial charge in [0.2, 0.25) is 0 Å². The Morgan fingerprint density at radius 2 is 1.50 bits per heavy atom. The quantitative estimate of drug-likeness (QED) is 0.342. The van der Waals surface area contributed by atoms with Crippen LogP contribution in [-0.4, -0.2) is 15.9 Å². The maximum atomic E-state index is 14.4. The smallest absolute Gasteiger partial charge is 0.139 e. The van der Waals surface area contributed by atoms with Crippen LogP contribution >= 0.6 is 0 Å². The number of aromatic nitrogens is 2. The molecule has 0 N–H and O–H groups in total. The second-order valence-corrected chi connectivity index (χ2v) is 8.17. The van der Waals surface area contributed by atoms with Crippen molar-refractivity contribution in [3.8, 4) is 11.3 Å². The van der Waals surface area contributed by atoms with E-state index in [1.54, 1.807) is 12.3 Å². The Hall–Kier alpha value is -3.92. The standard InChI is InChI=1S/C28H22FN3/c29-22-15-16-25-30-26(21-10-3-1-4-11-21)28(32(25)19-22)27-24-14-8-7-9-20(24)17-18-31(27)23-12-5-2-6-13-23/h1-16,19,27H,17-18H2/t27-/m1/s1. The van der Waals surface area contributed by atoms with Gasteiger partial charge in [-0.3, -0.25) is 4.40 Å². The lowest BCUT2D eigenvalue weighted by molar-refractivity contribution is 0.607. The van der Waals surface area contributed by atoms with E-state index in [0.717, 1.165) is 41.3 Å². The molecule has 0 radical (unpaired) electrons. The molecular formula is C28H22FN3. The van der Waals surface area contributed by atoms with Gasteiger partial charge in [-0.25, -0.2) is 9.37 Å². The Morgan fingerprint density at radius 3 is 2.31 bits per heavy atom. The predicted octanol–water partition coefficient (Wildman–Crippen LogP) is 6.29. The topological polar surface area (TPSA) is 20.5 Å². The molecule has 5 aromatic rings. The first kappa shape index (κ1) is 18.8. The minimum atomic E-state index is -0.272. The normalized spacial score (nSPS) is 15.7. The third-order valence-electron chi connectivity index (χ3n) is 6.30. The van der Waals surface area contributed by atoms with Crippen LogP contribution in [0.4, 0.5) is 10.1 Å². The summed E-state index contributed by atoms with van der Waals surface area (Å²) in [4.78, 5) is 7.39. The molecule has 156 valence electrons. The van der Waals surface area contributed by atoms with E-state index in [0.29, 0.717) is 0 Å². The number of nitrogens with zero attached hydrogens (tertiary/aromatic N) is 3. The molecule has 0 unspecified atom stereocenters. The molecule has 3 nitrogen and oxygen atoms in total. The fourth-order valence-electron chi connectivity index (χ4n) is 4.87. The summed E-state index contributed by atoms with van der Waals surface area (Å²) in [5.41, 5.74) is 7.37. The largest absolute Gasteiger partial charge is 0.358 e. The number of para-hydroxylation sites is 1. The maximum Gasteiger partial charge on any atom is 0.139 e. The molecule has 3 heterocycles. The average molecular weight is 420 g/mol. The van der Waals surface area contributed by atoms with E-state index in [1.165, 1.54) is 17.2 Å². The van der Waals surface area contributed by atoms with E-state index in [9.17, 15) is 4.39 Å². The Balaban J connectivity index is 1.67. The van der Waals surface area contributed by atoms with Gasteiger partial charge in [0.25, 0.3) is 0 Å². The lowest BCUT2D eigenvalue weighted by atomic mass is 9.88. The number of fused-ring (bicyclic) bond motifs is 2. The molecule has 0 bridgehead atoms. The molecule has 1 atom stereocenters. The summed E-state index contributed by atoms with van der Waals surface area (Å²) in [5, 5.41) is 0. The van der Waals surface area contributed by atoms with Crippen LogP contribution in [0.5, 0.6) is 0 Å². The van der Waals surface area contributed by atoms with E-state index in [-0.39, 0.29) is 11.9 Å². The molecule has 3 aromatic carbocycles. The Kier molecular flexibility index (Phi) is 4.50. The van der Waals surface area contributed by atoms with Crippen molar-refractivity contribution in [3.05, 3.63) is 126 Å². The van der Waals surface area contributed by atoms with Crippen molar-refractivity contribution < 1.29 is 4.39 Å². The Bertz CT molecular complexity index is 1390. The lowest BCUT2D eigenvalue weighted by Gasteiger charge is -2.39. The van der Waals surface area contributed by atoms with Crippen LogP contribution in [0.3, 0.4) is 0 Å². The summed E-state index contributed by atoms with van der Waals surface area (Å²) in [6.45, 7) is 0.877. The first-order valence-corrected chi connectivity index (χ1v) is 10.9. The summed E-state index contributed by atoms with van der Waals surface area (Å²) in [5.74, 6) is -0.272. The highest BCUT2D eigenvalue weighted by molar-refractivity contribution is 5.70. The highest BCUT2D eigenvalue weighted by atomic mass is 19.1. The van der Waals surface area contributed by atoms with Crippen molar-refractivity contribution in [2.75, 3.05) is 11.4 Å². The second kappa shape index (κ2) is 7.65. The summed E-state index contributed by atoms with van der Waals surface area (Å²) >= 11 is 0. The average Bonchev–Trinajstić information content (AvgIpc) is 3.22. The fraction of sp³-hybridized carbons (Fsp3) is 0.107. The van der Waals surface area contributed by atoms with Crippen LogP contribution in [-0.2, 0) is 6.42 Å². The third kappa shape index (κ3) is 3.07. The molecule has 1 aliphatic rings. The highest BCUT2D eigenvalue weighted by Gasteiger charge is 2.33. The summed E-state index contributed by atoms with van der Waals surface area (Å²) in [6.07, 6.45) is 2.53. The minimum Gasteiger partial charge on any atom is -0.358 e. The van der Waals surface area contributed by atoms with Crippen LogP contribution in [0.1, 0.15) is 22.9 Å². The van der Waals surface area contributed by atoms with Crippen LogP contribution in [0.15, 0.2) is 103 Å². The number of hydrogen-bond donors (Lipinski definition) is 0. The van der Waals surface area contributed by atoms with Crippen molar-refractivity contribution in [2.24, 2.45) is 0 Å². The number of rotatable bonds is 3. The molecule has 2 aromatic heterocycles. The van der Waals surface area contributed by atoms with Gasteiger partial charge in [-0.15, -0.1) is 0 Å². The van der Waals surface area contributed by atoms with Crippen LogP contribution in [0.25, 0.3) is 16.9 Å². The summed E-state index contributed by atoms with van der Waals surface area (Å²) in [7, 11) is 0. The lowest BCUT2D eigenvalue weighted by Crippen LogP contribution is -2.37. The number of anilines is 1. The zero-order chi connectivity index (χ0) is 21.5. The first-order valence-electron chi connectivity index (χ1n) is 10.9. The molecule has 0 spiro atoms. The maximum absolute atomic E-state index is 14.4. The Morgan fingerprint density at radius 1 is 0.781 bits per heavy atom. The number of hydrogen-bond acceptors (Lipinski definition) is 2. The Labute approximate surface area is 186 Å². The van der Waals surface area contributed by atoms with Crippen molar-refractivity contribution in [3.63, 3.8) is 0 Å². The van der Waals surface area contributed by atoms with Gasteiger partial charge in [0, 0.05) is 24.0 Å². The van der Waals surface area contributed by atoms with Crippen LogP contribution in [0.2, 0.25) is 0 Å². The van der Waals surface area contributed by atoms with Crippen LogP contribution < -0.4 is 4.90 Å². The zero-order valence-corrected chi connectivity index (χ0v) is 17.5. The highest BCUT2D eigenvalue weighted by Crippen LogP contribution is 2.42. The van der Waals surface area contributed by atoms with Gasteiger partial charge in [0.15, 0.2) is 0 Å². The van der Waals surface area contributed by atoms with Crippen molar-refractivity contribution >= 4 is 11.3 Å². The third-order valence-corrected chi connectivity index (χ3v) is 6.30. The molecular weight excluding hydrogens is 397 g/mol. The summed E-state index contributed by atoms with van der Waals surface area (Å²) < 4.78 is 16.4. The summed E-state index contributed by atoms with van der Waals surface area (Å²) in [6, 6.07) is 32.4. The zero-order valence-electron chi connectivity index (χ0n) is 17.5. The van der Waals surface area contributed by atoms with Crippen LogP contribution in [0, 0.1) is 5.82 Å². The number of halogens is 1. The molecule has 0 amide bonds. The molecule has 0 saturated carbocycles. The van der Waals surface area contributed by atoms with E-state index in [1.807, 2.05) is 28.7 Å². The molecule has 1 aliphatic heterocycles. The van der Waals surface area contributed by atoms with Crippen molar-refractivity contribution in [1.82, 2.24) is 9.38 Å². The van der Waals surface area contributed by atoms with Gasteiger partial charge in [-0.2, -0.15) is 0 Å². The molecule has 32 heavy (non-hydrogen) atoms. The fourth-order valence-corrected chi connectivity index (χ4v) is 4.87. The van der Waals surface area contributed by atoms with Gasteiger partial charge in [-0.05, 0) is 41.8 Å². The number of benzene rings is 3. The molecule has 0 saturated heterocycles. The minimum absolute atomic E-state index is 0.0886. The van der Waals surface area contributed by atoms with Gasteiger partial charge < -0.3 is 4.90 Å². The van der Waals surface area contributed by atoms with Crippen molar-refractivity contribution in [2.45, 2.75) is 12.5 Å². The van der Waals surface area contributed by atoms with Gasteiger partial charge in [-0.1, -0.05) is 72.8 Å². The monoisotopic (exact) mass is 419 g/mol. The molecule has 4 heteroatoms. The van der Waals surface area contributed by atoms with E-state index in [2.05, 4.69) is 65.6 Å². The number of pyridine rings is 1. The van der Waals surface area contributed by atoms with E-state index in [4.69, 9.17) is 4.98 Å². The molecule has 0 fully saturated rings. The second-order valence-electron chi connectivity index (χ2n) is 8.17. The van der Waals surface area contributed by atoms with Gasteiger partial charge in [0.1, 0.15) is 11.5 Å².